The number of halogens is 1. The Bertz CT molecular complexity index is 1210. The van der Waals surface area contributed by atoms with E-state index < -0.39 is 56.8 Å². The van der Waals surface area contributed by atoms with Crippen LogP contribution in [-0.4, -0.2) is 127 Å². The Kier molecular flexibility index (Phi) is 30.9. The summed E-state index contributed by atoms with van der Waals surface area (Å²) in [5.74, 6) is 0.897. The lowest BCUT2D eigenvalue weighted by molar-refractivity contribution is 0.122. The number of aromatic nitrogens is 3. The molecular formula is C44H98FN5O7Si6. The van der Waals surface area contributed by atoms with E-state index in [2.05, 4.69) is 78.0 Å². The van der Waals surface area contributed by atoms with E-state index in [1.165, 1.54) is 113 Å². The normalized spacial score (nSPS) is 13.2. The minimum Gasteiger partial charge on any atom is -0.431 e. The van der Waals surface area contributed by atoms with Crippen molar-refractivity contribution in [3.05, 3.63) is 0 Å². The SMILES string of the molecule is CO[Si](CCCCCCCC[Si](C)(C)CC[Si](C)(C)CCCNc1nc(NCCC[Si](C)(C)CC[Si](C)(C)CCCCCCCC[Si](OC)(OC)OC)nc(OCF)n1)(OC)OC. The Labute approximate surface area is 392 Å². The number of anilines is 2. The van der Waals surface area contributed by atoms with Crippen molar-refractivity contribution in [1.82, 2.24) is 15.0 Å². The Balaban J connectivity index is 2.38. The standard InChI is InChI=1S/C44H98FN5O7Si6/c1-51-62(52-2,53-3)35-25-21-17-15-19-23-31-58(7,8)37-39-60(11,12)33-27-29-46-42-48-43(50-44(49-42)57-41-45)47-30-28-34-61(13,14)40-38-59(9,10)32-24-20-16-18-22-26-36-63(54-4,55-5)56-6/h15-41H2,1-14H3,(H2,46,47,48,49,50). The third-order valence-corrected chi connectivity index (χ3v) is 33.3. The zero-order chi connectivity index (χ0) is 47.3. The lowest BCUT2D eigenvalue weighted by Gasteiger charge is -2.29. The molecule has 0 unspecified atom stereocenters. The van der Waals surface area contributed by atoms with Gasteiger partial charge in [-0.25, -0.2) is 4.39 Å². The minimum atomic E-state index is -2.42. The second kappa shape index (κ2) is 32.2. The fraction of sp³-hybridized carbons (Fsp3) is 0.932. The van der Waals surface area contributed by atoms with E-state index in [-0.39, 0.29) is 6.01 Å². The molecule has 0 aliphatic carbocycles. The van der Waals surface area contributed by atoms with Crippen LogP contribution in [0.1, 0.15) is 89.9 Å². The van der Waals surface area contributed by atoms with E-state index in [1.807, 2.05) is 0 Å². The molecule has 0 saturated heterocycles. The third-order valence-electron chi connectivity index (χ3n) is 13.4. The Morgan fingerprint density at radius 2 is 0.635 bits per heavy atom. The number of nitrogens with one attached hydrogen (secondary N) is 2. The van der Waals surface area contributed by atoms with Gasteiger partial charge in [0, 0.05) is 100 Å². The van der Waals surface area contributed by atoms with Gasteiger partial charge in [0.25, 0.3) is 0 Å². The van der Waals surface area contributed by atoms with Crippen molar-refractivity contribution in [3.63, 3.8) is 0 Å². The lowest BCUT2D eigenvalue weighted by atomic mass is 10.1. The van der Waals surface area contributed by atoms with Gasteiger partial charge in [-0.05, 0) is 25.7 Å². The van der Waals surface area contributed by atoms with Gasteiger partial charge in [0.05, 0.1) is 0 Å². The van der Waals surface area contributed by atoms with Gasteiger partial charge in [-0.2, -0.15) is 15.0 Å². The zero-order valence-electron chi connectivity index (χ0n) is 43.2. The molecule has 1 rings (SSSR count). The van der Waals surface area contributed by atoms with Crippen LogP contribution >= 0.6 is 0 Å². The molecule has 0 aliphatic heterocycles. The lowest BCUT2D eigenvalue weighted by Crippen LogP contribution is -2.42. The molecular weight excluding hydrogens is 898 g/mol. The largest absolute Gasteiger partial charge is 0.500 e. The van der Waals surface area contributed by atoms with Crippen LogP contribution in [0.4, 0.5) is 16.3 Å². The average Bonchev–Trinajstić information content (AvgIpc) is 3.25. The number of nitrogens with zero attached hydrogens (tertiary/aromatic N) is 3. The van der Waals surface area contributed by atoms with Gasteiger partial charge in [0.2, 0.25) is 18.8 Å². The predicted octanol–water partition coefficient (Wildman–Crippen LogP) is 13.1. The molecule has 19 heteroatoms. The highest BCUT2D eigenvalue weighted by Crippen LogP contribution is 2.30. The maximum atomic E-state index is 13.2. The van der Waals surface area contributed by atoms with Crippen LogP contribution in [0.25, 0.3) is 0 Å². The van der Waals surface area contributed by atoms with Crippen LogP contribution in [0.5, 0.6) is 6.01 Å². The summed E-state index contributed by atoms with van der Waals surface area (Å²) in [5.41, 5.74) is 0. The zero-order valence-corrected chi connectivity index (χ0v) is 49.2. The van der Waals surface area contributed by atoms with Gasteiger partial charge < -0.3 is 41.9 Å². The molecule has 2 N–H and O–H groups in total. The molecule has 0 radical (unpaired) electrons. The Morgan fingerprint density at radius 3 is 0.921 bits per heavy atom. The van der Waals surface area contributed by atoms with Gasteiger partial charge in [-0.3, -0.25) is 0 Å². The number of hydrogen-bond acceptors (Lipinski definition) is 12. The smallest absolute Gasteiger partial charge is 0.431 e. The van der Waals surface area contributed by atoms with Crippen LogP contribution in [0, 0.1) is 0 Å². The second-order valence-corrected chi connectivity index (χ2v) is 48.6. The summed E-state index contributed by atoms with van der Waals surface area (Å²) in [4.78, 5) is 13.3. The van der Waals surface area contributed by atoms with Crippen molar-refractivity contribution in [2.45, 2.75) is 203 Å². The summed E-state index contributed by atoms with van der Waals surface area (Å²) in [7, 11) is 0.254. The van der Waals surface area contributed by atoms with Gasteiger partial charge in [0.15, 0.2) is 0 Å². The van der Waals surface area contributed by atoms with Crippen molar-refractivity contribution in [3.8, 4) is 6.01 Å². The fourth-order valence-electron chi connectivity index (χ4n) is 8.43. The molecule has 63 heavy (non-hydrogen) atoms. The molecule has 0 amide bonds. The molecule has 0 saturated carbocycles. The van der Waals surface area contributed by atoms with Crippen molar-refractivity contribution >= 4 is 61.8 Å². The highest BCUT2D eigenvalue weighted by atomic mass is 28.4. The Hall–Kier alpha value is -0.599. The first-order valence-corrected chi connectivity index (χ1v) is 42.0. The van der Waals surface area contributed by atoms with E-state index in [0.29, 0.717) is 11.9 Å². The summed E-state index contributed by atoms with van der Waals surface area (Å²) in [6.07, 6.45) is 17.4. The number of unbranched alkanes of at least 4 members (excludes halogenated alkanes) is 10. The Morgan fingerprint density at radius 1 is 0.365 bits per heavy atom. The van der Waals surface area contributed by atoms with Crippen molar-refractivity contribution in [2.75, 3.05) is 73.2 Å². The van der Waals surface area contributed by atoms with Gasteiger partial charge in [-0.15, -0.1) is 0 Å². The van der Waals surface area contributed by atoms with Crippen LogP contribution in [0.15, 0.2) is 0 Å². The molecule has 372 valence electrons. The second-order valence-electron chi connectivity index (χ2n) is 21.1. The molecule has 0 spiro atoms. The first kappa shape index (κ1) is 60.4. The number of rotatable bonds is 42. The summed E-state index contributed by atoms with van der Waals surface area (Å²) in [6.45, 7) is 21.1. The van der Waals surface area contributed by atoms with E-state index >= 15 is 0 Å². The van der Waals surface area contributed by atoms with E-state index in [9.17, 15) is 4.39 Å². The predicted molar refractivity (Wildman–Crippen MR) is 280 cm³/mol. The van der Waals surface area contributed by atoms with Crippen LogP contribution in [-0.2, 0) is 26.6 Å². The quantitative estimate of drug-likeness (QED) is 0.0478. The van der Waals surface area contributed by atoms with Crippen LogP contribution in [0.2, 0.25) is 113 Å². The molecule has 0 atom stereocenters. The number of alkyl halides is 1. The fourth-order valence-corrected chi connectivity index (χ4v) is 28.5. The molecule has 1 heterocycles. The minimum absolute atomic E-state index is 0.0221. The monoisotopic (exact) mass is 996 g/mol. The van der Waals surface area contributed by atoms with Crippen molar-refractivity contribution in [2.24, 2.45) is 0 Å². The molecule has 1 aromatic heterocycles. The summed E-state index contributed by atoms with van der Waals surface area (Å²) in [6, 6.07) is 12.8. The topological polar surface area (TPSA) is 127 Å². The van der Waals surface area contributed by atoms with Gasteiger partial charge in [-0.1, -0.05) is 165 Å². The number of ether oxygens (including phenoxy) is 1. The maximum Gasteiger partial charge on any atom is 0.500 e. The van der Waals surface area contributed by atoms with Gasteiger partial charge in [0.1, 0.15) is 0 Å². The van der Waals surface area contributed by atoms with E-state index in [4.69, 9.17) is 31.3 Å². The third kappa shape index (κ3) is 27.7. The first-order chi connectivity index (χ1) is 29.8. The molecule has 0 bridgehead atoms. The molecule has 0 aromatic carbocycles. The average molecular weight is 997 g/mol. The van der Waals surface area contributed by atoms with E-state index in [1.54, 1.807) is 42.7 Å². The van der Waals surface area contributed by atoms with Crippen molar-refractivity contribution < 1.29 is 35.7 Å². The summed E-state index contributed by atoms with van der Waals surface area (Å²) < 4.78 is 51.6. The maximum absolute atomic E-state index is 13.2. The highest BCUT2D eigenvalue weighted by molar-refractivity contribution is 6.83. The summed E-state index contributed by atoms with van der Waals surface area (Å²) >= 11 is 0. The molecule has 0 fully saturated rings. The van der Waals surface area contributed by atoms with Crippen molar-refractivity contribution in [1.29, 1.82) is 0 Å². The van der Waals surface area contributed by atoms with Crippen LogP contribution in [0.3, 0.4) is 0 Å². The number of hydrogen-bond donors (Lipinski definition) is 2. The van der Waals surface area contributed by atoms with E-state index in [0.717, 1.165) is 50.9 Å². The summed E-state index contributed by atoms with van der Waals surface area (Å²) in [5, 5.41) is 6.78. The van der Waals surface area contributed by atoms with Gasteiger partial charge >= 0.3 is 23.6 Å². The molecule has 0 aliphatic rings. The molecule has 12 nitrogen and oxygen atoms in total. The molecule has 1 aromatic rings. The first-order valence-electron chi connectivity index (χ1n) is 24.5. The van der Waals surface area contributed by atoms with Crippen LogP contribution < -0.4 is 15.4 Å². The highest BCUT2D eigenvalue weighted by Gasteiger charge is 2.37.